The number of halogens is 2. The van der Waals surface area contributed by atoms with Crippen molar-refractivity contribution in [3.05, 3.63) is 97.5 Å². The lowest BCUT2D eigenvalue weighted by molar-refractivity contribution is -0.136. The zero-order chi connectivity index (χ0) is 25.7. The fourth-order valence-corrected chi connectivity index (χ4v) is 5.36. The molecular formula is C29H29BrClNO3. The number of aliphatic hydroxyl groups is 1. The fourth-order valence-electron chi connectivity index (χ4n) is 4.80. The van der Waals surface area contributed by atoms with Gasteiger partial charge in [0.1, 0.15) is 0 Å². The van der Waals surface area contributed by atoms with Crippen molar-refractivity contribution >= 4 is 44.9 Å². The van der Waals surface area contributed by atoms with Gasteiger partial charge < -0.3 is 10.0 Å². The normalized spacial score (nSPS) is 17.6. The Hall–Kier alpha value is -2.47. The standard InChI is InChI=1S/C29H29BrClNO3/c1-17-12-20(28(3,4)5)13-18(2)26(17)25(33)15-29(35)22-14-21(30)10-11-24(22)32(27(29)34)16-19-8-6-7-9-23(19)31/h6-14,35H,15-16H2,1-5H3. The Labute approximate surface area is 220 Å². The molecule has 3 aromatic carbocycles. The number of nitrogens with zero attached hydrogens (tertiary/aromatic N) is 1. The van der Waals surface area contributed by atoms with Crippen molar-refractivity contribution in [2.24, 2.45) is 0 Å². The molecule has 35 heavy (non-hydrogen) atoms. The average Bonchev–Trinajstić information content (AvgIpc) is 2.95. The summed E-state index contributed by atoms with van der Waals surface area (Å²) in [6.07, 6.45) is -0.342. The van der Waals surface area contributed by atoms with Crippen molar-refractivity contribution in [1.29, 1.82) is 0 Å². The summed E-state index contributed by atoms with van der Waals surface area (Å²) >= 11 is 9.80. The molecule has 6 heteroatoms. The first-order valence-corrected chi connectivity index (χ1v) is 12.7. The number of carbonyl (C=O) groups excluding carboxylic acids is 2. The summed E-state index contributed by atoms with van der Waals surface area (Å²) in [4.78, 5) is 28.8. The number of carbonyl (C=O) groups is 2. The smallest absolute Gasteiger partial charge is 0.264 e. The van der Waals surface area contributed by atoms with Gasteiger partial charge in [0.15, 0.2) is 11.4 Å². The Morgan fingerprint density at radius 2 is 1.69 bits per heavy atom. The molecule has 0 aliphatic carbocycles. The third-order valence-electron chi connectivity index (χ3n) is 6.67. The highest BCUT2D eigenvalue weighted by Gasteiger charge is 2.51. The van der Waals surface area contributed by atoms with Crippen molar-refractivity contribution in [1.82, 2.24) is 0 Å². The minimum atomic E-state index is -1.97. The van der Waals surface area contributed by atoms with Gasteiger partial charge >= 0.3 is 0 Å². The zero-order valence-electron chi connectivity index (χ0n) is 20.6. The van der Waals surface area contributed by atoms with E-state index in [1.54, 1.807) is 18.2 Å². The number of Topliss-reactive ketones (excluding diaryl/α,β-unsaturated/α-hetero) is 1. The number of rotatable bonds is 5. The van der Waals surface area contributed by atoms with Crippen molar-refractivity contribution in [2.75, 3.05) is 4.90 Å². The molecule has 3 aromatic rings. The molecule has 0 spiro atoms. The molecule has 0 saturated carbocycles. The maximum Gasteiger partial charge on any atom is 0.264 e. The Morgan fingerprint density at radius 1 is 1.06 bits per heavy atom. The number of aryl methyl sites for hydroxylation is 2. The van der Waals surface area contributed by atoms with Gasteiger partial charge in [-0.2, -0.15) is 0 Å². The van der Waals surface area contributed by atoms with E-state index in [2.05, 4.69) is 36.7 Å². The number of amides is 1. The summed E-state index contributed by atoms with van der Waals surface area (Å²) in [5.74, 6) is -0.790. The van der Waals surface area contributed by atoms with E-state index in [9.17, 15) is 14.7 Å². The molecule has 0 aromatic heterocycles. The molecule has 0 saturated heterocycles. The van der Waals surface area contributed by atoms with Crippen LogP contribution in [0, 0.1) is 13.8 Å². The molecule has 1 heterocycles. The number of ketones is 1. The number of fused-ring (bicyclic) bond motifs is 1. The Bertz CT molecular complexity index is 1320. The molecule has 1 amide bonds. The van der Waals surface area contributed by atoms with Crippen LogP contribution in [0.15, 0.2) is 59.1 Å². The number of anilines is 1. The van der Waals surface area contributed by atoms with E-state index in [1.807, 2.05) is 50.2 Å². The highest BCUT2D eigenvalue weighted by Crippen LogP contribution is 2.45. The molecule has 4 nitrogen and oxygen atoms in total. The number of hydrogen-bond acceptors (Lipinski definition) is 3. The van der Waals surface area contributed by atoms with E-state index in [-0.39, 0.29) is 24.2 Å². The molecule has 1 atom stereocenters. The van der Waals surface area contributed by atoms with Gasteiger partial charge in [-0.05, 0) is 65.8 Å². The van der Waals surface area contributed by atoms with Gasteiger partial charge in [0.05, 0.1) is 18.7 Å². The molecule has 1 aliphatic heterocycles. The minimum absolute atomic E-state index is 0.0544. The lowest BCUT2D eigenvalue weighted by Gasteiger charge is -2.25. The van der Waals surface area contributed by atoms with Gasteiger partial charge in [0.2, 0.25) is 0 Å². The van der Waals surface area contributed by atoms with Crippen LogP contribution in [0.4, 0.5) is 5.69 Å². The largest absolute Gasteiger partial charge is 0.375 e. The third kappa shape index (κ3) is 4.69. The van der Waals surface area contributed by atoms with Crippen LogP contribution in [-0.4, -0.2) is 16.8 Å². The van der Waals surface area contributed by atoms with Crippen molar-refractivity contribution in [3.63, 3.8) is 0 Å². The van der Waals surface area contributed by atoms with Crippen LogP contribution in [0.25, 0.3) is 0 Å². The van der Waals surface area contributed by atoms with Gasteiger partial charge in [-0.1, -0.05) is 78.6 Å². The summed E-state index contributed by atoms with van der Waals surface area (Å²) in [5.41, 5.74) is 3.10. The monoisotopic (exact) mass is 553 g/mol. The van der Waals surface area contributed by atoms with Gasteiger partial charge in [-0.15, -0.1) is 0 Å². The predicted octanol–water partition coefficient (Wildman–Crippen LogP) is 7.02. The first kappa shape index (κ1) is 25.6. The molecule has 4 rings (SSSR count). The Kier molecular flexibility index (Phi) is 6.73. The lowest BCUT2D eigenvalue weighted by Crippen LogP contribution is -2.41. The van der Waals surface area contributed by atoms with Crippen LogP contribution in [-0.2, 0) is 22.4 Å². The topological polar surface area (TPSA) is 57.6 Å². The van der Waals surface area contributed by atoms with Crippen molar-refractivity contribution in [3.8, 4) is 0 Å². The highest BCUT2D eigenvalue weighted by atomic mass is 79.9. The van der Waals surface area contributed by atoms with E-state index in [0.717, 1.165) is 26.7 Å². The van der Waals surface area contributed by atoms with E-state index in [0.29, 0.717) is 21.8 Å². The lowest BCUT2D eigenvalue weighted by atomic mass is 9.81. The van der Waals surface area contributed by atoms with E-state index < -0.39 is 11.5 Å². The SMILES string of the molecule is Cc1cc(C(C)(C)C)cc(C)c1C(=O)CC1(O)C(=O)N(Cc2ccccc2Cl)c2ccc(Br)cc21. The second-order valence-electron chi connectivity index (χ2n) is 10.3. The van der Waals surface area contributed by atoms with Crippen molar-refractivity contribution < 1.29 is 14.7 Å². The summed E-state index contributed by atoms with van der Waals surface area (Å²) in [6.45, 7) is 10.4. The maximum absolute atomic E-state index is 13.7. The summed E-state index contributed by atoms with van der Waals surface area (Å²) in [6, 6.07) is 16.7. The molecule has 1 unspecified atom stereocenters. The summed E-state index contributed by atoms with van der Waals surface area (Å²) in [5, 5.41) is 12.3. The van der Waals surface area contributed by atoms with E-state index in [1.165, 1.54) is 4.90 Å². The summed E-state index contributed by atoms with van der Waals surface area (Å²) in [7, 11) is 0. The van der Waals surface area contributed by atoms with Gasteiger partial charge in [0.25, 0.3) is 5.91 Å². The van der Waals surface area contributed by atoms with Crippen LogP contribution >= 0.6 is 27.5 Å². The Morgan fingerprint density at radius 3 is 2.29 bits per heavy atom. The minimum Gasteiger partial charge on any atom is -0.375 e. The predicted molar refractivity (Wildman–Crippen MR) is 144 cm³/mol. The first-order valence-electron chi connectivity index (χ1n) is 11.6. The molecular weight excluding hydrogens is 526 g/mol. The zero-order valence-corrected chi connectivity index (χ0v) is 22.9. The molecule has 0 fully saturated rings. The summed E-state index contributed by atoms with van der Waals surface area (Å²) < 4.78 is 0.719. The highest BCUT2D eigenvalue weighted by molar-refractivity contribution is 9.10. The van der Waals surface area contributed by atoms with Crippen LogP contribution < -0.4 is 4.90 Å². The number of hydrogen-bond donors (Lipinski definition) is 1. The molecule has 0 radical (unpaired) electrons. The fraction of sp³-hybridized carbons (Fsp3) is 0.310. The van der Waals surface area contributed by atoms with Gasteiger partial charge in [-0.3, -0.25) is 9.59 Å². The molecule has 1 aliphatic rings. The number of benzene rings is 3. The van der Waals surface area contributed by atoms with Crippen LogP contribution in [0.3, 0.4) is 0 Å². The molecule has 1 N–H and O–H groups in total. The van der Waals surface area contributed by atoms with E-state index in [4.69, 9.17) is 11.6 Å². The third-order valence-corrected chi connectivity index (χ3v) is 7.54. The first-order chi connectivity index (χ1) is 16.3. The maximum atomic E-state index is 13.7. The van der Waals surface area contributed by atoms with Crippen LogP contribution in [0.5, 0.6) is 0 Å². The Balaban J connectivity index is 1.73. The second-order valence-corrected chi connectivity index (χ2v) is 11.7. The average molecular weight is 555 g/mol. The van der Waals surface area contributed by atoms with E-state index >= 15 is 0 Å². The van der Waals surface area contributed by atoms with Gasteiger partial charge in [-0.25, -0.2) is 0 Å². The van der Waals surface area contributed by atoms with Crippen molar-refractivity contribution in [2.45, 2.75) is 58.6 Å². The van der Waals surface area contributed by atoms with Crippen LogP contribution in [0.1, 0.15) is 65.4 Å². The quantitative estimate of drug-likeness (QED) is 0.345. The van der Waals surface area contributed by atoms with Crippen LogP contribution in [0.2, 0.25) is 5.02 Å². The second kappa shape index (κ2) is 9.20. The molecule has 182 valence electrons. The molecule has 0 bridgehead atoms. The van der Waals surface area contributed by atoms with Gasteiger partial charge in [0, 0.05) is 20.6 Å².